The zero-order chi connectivity index (χ0) is 11.5. The van der Waals surface area contributed by atoms with Gasteiger partial charge in [0.1, 0.15) is 5.01 Å². The van der Waals surface area contributed by atoms with Crippen LogP contribution in [0.15, 0.2) is 12.1 Å². The molecule has 0 spiro atoms. The number of nitrogens with one attached hydrogen (secondary N) is 1. The topological polar surface area (TPSA) is 37.8 Å². The number of hydrogen-bond acceptors (Lipinski definition) is 5. The highest BCUT2D eigenvalue weighted by Gasteiger charge is 2.08. The lowest BCUT2D eigenvalue weighted by atomic mass is 10.4. The summed E-state index contributed by atoms with van der Waals surface area (Å²) in [4.78, 5) is 2.53. The first-order valence-electron chi connectivity index (χ1n) is 5.27. The van der Waals surface area contributed by atoms with Crippen LogP contribution in [0.3, 0.4) is 0 Å². The molecule has 86 valence electrons. The fourth-order valence-electron chi connectivity index (χ4n) is 1.27. The third-order valence-electron chi connectivity index (χ3n) is 2.08. The van der Waals surface area contributed by atoms with E-state index >= 15 is 0 Å². The van der Waals surface area contributed by atoms with Crippen LogP contribution in [0.1, 0.15) is 23.7 Å². The number of aromatic nitrogens is 2. The van der Waals surface area contributed by atoms with Crippen LogP contribution in [-0.2, 0) is 6.54 Å². The lowest BCUT2D eigenvalue weighted by Gasteiger charge is -2.03. The molecule has 0 amide bonds. The summed E-state index contributed by atoms with van der Waals surface area (Å²) in [6.45, 7) is 7.17. The summed E-state index contributed by atoms with van der Waals surface area (Å²) >= 11 is 3.43. The van der Waals surface area contributed by atoms with E-state index in [0.717, 1.165) is 16.6 Å². The summed E-state index contributed by atoms with van der Waals surface area (Å²) in [6.07, 6.45) is 0. The van der Waals surface area contributed by atoms with Crippen LogP contribution in [0.4, 0.5) is 0 Å². The smallest absolute Gasteiger partial charge is 0.157 e. The van der Waals surface area contributed by atoms with Gasteiger partial charge >= 0.3 is 0 Å². The molecule has 3 nitrogen and oxygen atoms in total. The van der Waals surface area contributed by atoms with Gasteiger partial charge in [-0.05, 0) is 19.1 Å². The lowest BCUT2D eigenvalue weighted by molar-refractivity contribution is 0.585. The Morgan fingerprint density at radius 1 is 1.25 bits per heavy atom. The van der Waals surface area contributed by atoms with Crippen molar-refractivity contribution < 1.29 is 0 Å². The summed E-state index contributed by atoms with van der Waals surface area (Å²) < 4.78 is 0. The maximum absolute atomic E-state index is 4.22. The van der Waals surface area contributed by atoms with Crippen molar-refractivity contribution >= 4 is 22.7 Å². The van der Waals surface area contributed by atoms with Gasteiger partial charge in [0.25, 0.3) is 0 Å². The Labute approximate surface area is 104 Å². The van der Waals surface area contributed by atoms with Crippen LogP contribution in [0.2, 0.25) is 0 Å². The quantitative estimate of drug-likeness (QED) is 0.910. The summed E-state index contributed by atoms with van der Waals surface area (Å²) in [6, 6.07) is 4.71. The van der Waals surface area contributed by atoms with Crippen molar-refractivity contribution in [1.29, 1.82) is 0 Å². The van der Waals surface area contributed by atoms with Crippen molar-refractivity contribution in [2.24, 2.45) is 0 Å². The minimum Gasteiger partial charge on any atom is -0.308 e. The largest absolute Gasteiger partial charge is 0.308 e. The molecule has 0 radical (unpaired) electrons. The molecule has 0 fully saturated rings. The first-order valence-corrected chi connectivity index (χ1v) is 6.91. The Balaban J connectivity index is 2.07. The van der Waals surface area contributed by atoms with E-state index < -0.39 is 0 Å². The second-order valence-corrected chi connectivity index (χ2v) is 6.30. The predicted molar refractivity (Wildman–Crippen MR) is 69.9 cm³/mol. The zero-order valence-electron chi connectivity index (χ0n) is 9.65. The molecule has 0 unspecified atom stereocenters. The summed E-state index contributed by atoms with van der Waals surface area (Å²) in [5.74, 6) is 0. The molecule has 2 aromatic heterocycles. The van der Waals surface area contributed by atoms with E-state index in [4.69, 9.17) is 0 Å². The van der Waals surface area contributed by atoms with Crippen molar-refractivity contribution in [3.05, 3.63) is 22.0 Å². The maximum atomic E-state index is 4.22. The zero-order valence-corrected chi connectivity index (χ0v) is 11.3. The molecule has 0 aromatic carbocycles. The Morgan fingerprint density at radius 3 is 2.69 bits per heavy atom. The van der Waals surface area contributed by atoms with E-state index in [9.17, 15) is 0 Å². The normalized spacial score (nSPS) is 11.2. The molecule has 0 aliphatic rings. The van der Waals surface area contributed by atoms with E-state index in [-0.39, 0.29) is 0 Å². The predicted octanol–water partition coefficient (Wildman–Crippen LogP) is 3.07. The highest BCUT2D eigenvalue weighted by molar-refractivity contribution is 7.21. The molecular formula is C11H15N3S2. The van der Waals surface area contributed by atoms with E-state index in [1.165, 1.54) is 9.75 Å². The van der Waals surface area contributed by atoms with Crippen LogP contribution in [0, 0.1) is 6.92 Å². The van der Waals surface area contributed by atoms with Gasteiger partial charge in [-0.15, -0.1) is 21.5 Å². The molecule has 0 saturated carbocycles. The molecule has 0 aliphatic carbocycles. The van der Waals surface area contributed by atoms with Crippen molar-refractivity contribution in [2.75, 3.05) is 0 Å². The lowest BCUT2D eigenvalue weighted by Crippen LogP contribution is -2.21. The molecule has 2 rings (SSSR count). The fourth-order valence-corrected chi connectivity index (χ4v) is 2.97. The van der Waals surface area contributed by atoms with Gasteiger partial charge in [-0.2, -0.15) is 0 Å². The van der Waals surface area contributed by atoms with Gasteiger partial charge in [-0.3, -0.25) is 0 Å². The first kappa shape index (κ1) is 11.7. The van der Waals surface area contributed by atoms with Crippen molar-refractivity contribution in [2.45, 2.75) is 33.4 Å². The molecule has 0 saturated heterocycles. The molecule has 0 bridgehead atoms. The monoisotopic (exact) mass is 253 g/mol. The molecule has 16 heavy (non-hydrogen) atoms. The van der Waals surface area contributed by atoms with E-state index in [1.54, 1.807) is 22.7 Å². The summed E-state index contributed by atoms with van der Waals surface area (Å²) in [7, 11) is 0. The molecule has 2 aromatic rings. The highest BCUT2D eigenvalue weighted by Crippen LogP contribution is 2.29. The number of rotatable bonds is 4. The van der Waals surface area contributed by atoms with Crippen molar-refractivity contribution in [3.63, 3.8) is 0 Å². The molecular weight excluding hydrogens is 238 g/mol. The number of hydrogen-bond donors (Lipinski definition) is 1. The van der Waals surface area contributed by atoms with Crippen molar-refractivity contribution in [3.8, 4) is 9.88 Å². The average molecular weight is 253 g/mol. The molecule has 1 N–H and O–H groups in total. The SMILES string of the molecule is Cc1ccc(-c2nnc(CNC(C)C)s2)s1. The summed E-state index contributed by atoms with van der Waals surface area (Å²) in [5.41, 5.74) is 0. The fraction of sp³-hybridized carbons (Fsp3) is 0.455. The number of nitrogens with zero attached hydrogens (tertiary/aromatic N) is 2. The first-order chi connectivity index (χ1) is 7.65. The third kappa shape index (κ3) is 2.87. The second kappa shape index (κ2) is 5.03. The molecule has 5 heteroatoms. The van der Waals surface area contributed by atoms with Crippen LogP contribution in [-0.4, -0.2) is 16.2 Å². The van der Waals surface area contributed by atoms with Gasteiger partial charge in [0, 0.05) is 17.5 Å². The molecule has 0 atom stereocenters. The number of aryl methyl sites for hydroxylation is 1. The van der Waals surface area contributed by atoms with Gasteiger partial charge in [0.15, 0.2) is 5.01 Å². The average Bonchev–Trinajstić information content (AvgIpc) is 2.83. The molecule has 0 aliphatic heterocycles. The van der Waals surface area contributed by atoms with Crippen LogP contribution < -0.4 is 5.32 Å². The van der Waals surface area contributed by atoms with E-state index in [2.05, 4.69) is 48.4 Å². The minimum absolute atomic E-state index is 0.483. The second-order valence-electron chi connectivity index (χ2n) is 3.95. The Kier molecular flexibility index (Phi) is 3.68. The van der Waals surface area contributed by atoms with Crippen LogP contribution in [0.5, 0.6) is 0 Å². The Morgan fingerprint density at radius 2 is 2.06 bits per heavy atom. The summed E-state index contributed by atoms with van der Waals surface area (Å²) in [5, 5.41) is 13.8. The van der Waals surface area contributed by atoms with Crippen LogP contribution >= 0.6 is 22.7 Å². The van der Waals surface area contributed by atoms with Crippen LogP contribution in [0.25, 0.3) is 9.88 Å². The van der Waals surface area contributed by atoms with E-state index in [1.807, 2.05) is 0 Å². The van der Waals surface area contributed by atoms with Gasteiger partial charge in [0.05, 0.1) is 4.88 Å². The van der Waals surface area contributed by atoms with E-state index in [0.29, 0.717) is 6.04 Å². The van der Waals surface area contributed by atoms with Gasteiger partial charge < -0.3 is 5.32 Å². The van der Waals surface area contributed by atoms with Gasteiger partial charge in [-0.25, -0.2) is 0 Å². The molecule has 2 heterocycles. The maximum Gasteiger partial charge on any atom is 0.157 e. The number of thiophene rings is 1. The van der Waals surface area contributed by atoms with Crippen molar-refractivity contribution in [1.82, 2.24) is 15.5 Å². The van der Waals surface area contributed by atoms with Gasteiger partial charge in [-0.1, -0.05) is 25.2 Å². The Hall–Kier alpha value is -0.780. The minimum atomic E-state index is 0.483. The van der Waals surface area contributed by atoms with Gasteiger partial charge in [0.2, 0.25) is 0 Å². The highest BCUT2D eigenvalue weighted by atomic mass is 32.1. The third-order valence-corrected chi connectivity index (χ3v) is 4.17. The Bertz CT molecular complexity index is 459. The standard InChI is InChI=1S/C11H15N3S2/c1-7(2)12-6-10-13-14-11(16-10)9-5-4-8(3)15-9/h4-5,7,12H,6H2,1-3H3.